The average molecular weight is 419 g/mol. The molecule has 1 aliphatic rings. The first-order valence-electron chi connectivity index (χ1n) is 8.55. The smallest absolute Gasteiger partial charge is 0.216 e. The zero-order valence-electron chi connectivity index (χ0n) is 15.9. The lowest BCUT2D eigenvalue weighted by atomic mass is 10.1. The van der Waals surface area contributed by atoms with Crippen LogP contribution in [0.15, 0.2) is 17.0 Å². The topological polar surface area (TPSA) is 119 Å². The molecule has 1 amide bonds. The van der Waals surface area contributed by atoms with Crippen LogP contribution in [0.2, 0.25) is 0 Å². The van der Waals surface area contributed by atoms with Gasteiger partial charge in [0.2, 0.25) is 5.91 Å². The molecule has 152 valence electrons. The van der Waals surface area contributed by atoms with Gasteiger partial charge in [0.15, 0.2) is 19.7 Å². The molecule has 0 radical (unpaired) electrons. The zero-order valence-corrected chi connectivity index (χ0v) is 17.5. The fourth-order valence-electron chi connectivity index (χ4n) is 3.12. The van der Waals surface area contributed by atoms with Crippen molar-refractivity contribution in [2.24, 2.45) is 0 Å². The minimum atomic E-state index is -3.95. The molecule has 1 saturated heterocycles. The van der Waals surface area contributed by atoms with E-state index in [1.807, 2.05) is 6.92 Å². The number of benzene rings is 1. The summed E-state index contributed by atoms with van der Waals surface area (Å²) in [5.41, 5.74) is 1.67. The molecule has 1 aromatic carbocycles. The summed E-state index contributed by atoms with van der Waals surface area (Å²) in [6.45, 7) is 5.57. The van der Waals surface area contributed by atoms with Crippen LogP contribution in [0.4, 0.5) is 0 Å². The minimum Gasteiger partial charge on any atom is -0.495 e. The zero-order chi connectivity index (χ0) is 20.4. The molecule has 27 heavy (non-hydrogen) atoms. The third kappa shape index (κ3) is 4.99. The van der Waals surface area contributed by atoms with E-state index in [0.717, 1.165) is 11.1 Å². The van der Waals surface area contributed by atoms with Gasteiger partial charge in [0.25, 0.3) is 0 Å². The molecule has 8 nitrogen and oxygen atoms in total. The molecule has 1 heterocycles. The molecule has 0 bridgehead atoms. The fourth-order valence-corrected chi connectivity index (χ4v) is 8.06. The van der Waals surface area contributed by atoms with Crippen LogP contribution in [-0.2, 0) is 24.5 Å². The quantitative estimate of drug-likeness (QED) is 0.597. The Labute approximate surface area is 160 Å². The molecular weight excluding hydrogens is 392 g/mol. The Bertz CT molecular complexity index is 925. The van der Waals surface area contributed by atoms with E-state index >= 15 is 0 Å². The Morgan fingerprint density at radius 2 is 1.81 bits per heavy atom. The Balaban J connectivity index is 2.34. The van der Waals surface area contributed by atoms with E-state index in [-0.39, 0.29) is 35.4 Å². The van der Waals surface area contributed by atoms with Gasteiger partial charge in [-0.1, -0.05) is 0 Å². The van der Waals surface area contributed by atoms with Crippen molar-refractivity contribution in [1.29, 1.82) is 0 Å². The van der Waals surface area contributed by atoms with Gasteiger partial charge in [0.1, 0.15) is 10.6 Å². The maximum Gasteiger partial charge on any atom is 0.216 e. The van der Waals surface area contributed by atoms with Crippen LogP contribution < -0.4 is 15.4 Å². The number of methoxy groups -OCH3 is 1. The second-order valence-electron chi connectivity index (χ2n) is 6.79. The SMILES string of the molecule is COc1cc(C)c(C)cc1S(=O)(=O)[C@H]1CS(=O)(=O)C[C@@H]1NCCNC(C)=O. The number of hydrogen-bond acceptors (Lipinski definition) is 7. The molecule has 0 unspecified atom stereocenters. The van der Waals surface area contributed by atoms with E-state index in [9.17, 15) is 21.6 Å². The highest BCUT2D eigenvalue weighted by Crippen LogP contribution is 2.33. The molecule has 1 fully saturated rings. The summed E-state index contributed by atoms with van der Waals surface area (Å²) >= 11 is 0. The number of carbonyl (C=O) groups excluding carboxylic acids is 1. The Hall–Kier alpha value is -1.65. The highest BCUT2D eigenvalue weighted by molar-refractivity contribution is 7.96. The lowest BCUT2D eigenvalue weighted by Gasteiger charge is -2.21. The molecule has 2 atom stereocenters. The van der Waals surface area contributed by atoms with Gasteiger partial charge >= 0.3 is 0 Å². The van der Waals surface area contributed by atoms with Gasteiger partial charge in [-0.15, -0.1) is 0 Å². The third-order valence-electron chi connectivity index (χ3n) is 4.69. The third-order valence-corrected chi connectivity index (χ3v) is 8.86. The normalized spacial score (nSPS) is 21.8. The number of nitrogens with one attached hydrogen (secondary N) is 2. The van der Waals surface area contributed by atoms with E-state index in [2.05, 4.69) is 10.6 Å². The molecule has 2 rings (SSSR count). The Morgan fingerprint density at radius 1 is 1.19 bits per heavy atom. The summed E-state index contributed by atoms with van der Waals surface area (Å²) in [6, 6.07) is 2.42. The summed E-state index contributed by atoms with van der Waals surface area (Å²) in [4.78, 5) is 10.9. The van der Waals surface area contributed by atoms with Crippen molar-refractivity contribution in [3.8, 4) is 5.75 Å². The van der Waals surface area contributed by atoms with Crippen molar-refractivity contribution in [3.63, 3.8) is 0 Å². The predicted molar refractivity (Wildman–Crippen MR) is 103 cm³/mol. The van der Waals surface area contributed by atoms with E-state index < -0.39 is 36.7 Å². The number of aryl methyl sites for hydroxylation is 2. The average Bonchev–Trinajstić information content (AvgIpc) is 2.89. The Morgan fingerprint density at radius 3 is 2.41 bits per heavy atom. The number of sulfone groups is 2. The highest BCUT2D eigenvalue weighted by Gasteiger charge is 2.46. The maximum absolute atomic E-state index is 13.3. The largest absolute Gasteiger partial charge is 0.495 e. The van der Waals surface area contributed by atoms with Gasteiger partial charge in [0, 0.05) is 26.1 Å². The number of ether oxygens (including phenoxy) is 1. The molecule has 0 saturated carbocycles. The first-order valence-corrected chi connectivity index (χ1v) is 11.9. The highest BCUT2D eigenvalue weighted by atomic mass is 32.2. The van der Waals surface area contributed by atoms with Crippen molar-refractivity contribution in [1.82, 2.24) is 10.6 Å². The van der Waals surface area contributed by atoms with Gasteiger partial charge in [-0.3, -0.25) is 4.79 Å². The summed E-state index contributed by atoms with van der Waals surface area (Å²) in [6.07, 6.45) is 0. The van der Waals surface area contributed by atoms with Gasteiger partial charge in [-0.25, -0.2) is 16.8 Å². The van der Waals surface area contributed by atoms with Crippen LogP contribution in [0, 0.1) is 13.8 Å². The second-order valence-corrected chi connectivity index (χ2v) is 11.1. The number of amides is 1. The lowest BCUT2D eigenvalue weighted by molar-refractivity contribution is -0.118. The van der Waals surface area contributed by atoms with E-state index in [0.29, 0.717) is 0 Å². The van der Waals surface area contributed by atoms with Gasteiger partial charge in [0.05, 0.1) is 23.9 Å². The van der Waals surface area contributed by atoms with Gasteiger partial charge < -0.3 is 15.4 Å². The minimum absolute atomic E-state index is 0.00357. The molecule has 0 aliphatic carbocycles. The number of hydrogen-bond donors (Lipinski definition) is 2. The Kier molecular flexibility index (Phi) is 6.54. The van der Waals surface area contributed by atoms with Crippen molar-refractivity contribution in [2.75, 3.05) is 31.7 Å². The summed E-state index contributed by atoms with van der Waals surface area (Å²) in [5.74, 6) is -0.702. The van der Waals surface area contributed by atoms with Crippen molar-refractivity contribution >= 4 is 25.6 Å². The standard InChI is InChI=1S/C17H26N2O6S2/c1-11-7-15(25-4)16(8-12(11)2)27(23,24)17-10-26(21,22)9-14(17)19-6-5-18-13(3)20/h7-8,14,17,19H,5-6,9-10H2,1-4H3,(H,18,20)/t14-,17-/m0/s1. The number of rotatable bonds is 7. The predicted octanol–water partition coefficient (Wildman–Crippen LogP) is -0.0230. The number of carbonyl (C=O) groups is 1. The van der Waals surface area contributed by atoms with Crippen LogP contribution in [-0.4, -0.2) is 65.7 Å². The molecule has 1 aromatic rings. The second kappa shape index (κ2) is 8.15. The van der Waals surface area contributed by atoms with Crippen LogP contribution in [0.5, 0.6) is 5.75 Å². The van der Waals surface area contributed by atoms with Crippen molar-refractivity contribution in [2.45, 2.75) is 37.0 Å². The van der Waals surface area contributed by atoms with Crippen LogP contribution in [0.1, 0.15) is 18.1 Å². The summed E-state index contributed by atoms with van der Waals surface area (Å²) in [5, 5.41) is 4.44. The molecule has 10 heteroatoms. The lowest BCUT2D eigenvalue weighted by Crippen LogP contribution is -2.45. The van der Waals surface area contributed by atoms with Crippen LogP contribution in [0.25, 0.3) is 0 Å². The first-order chi connectivity index (χ1) is 12.5. The van der Waals surface area contributed by atoms with Gasteiger partial charge in [-0.2, -0.15) is 0 Å². The maximum atomic E-state index is 13.3. The molecule has 0 aromatic heterocycles. The van der Waals surface area contributed by atoms with Crippen LogP contribution >= 0.6 is 0 Å². The van der Waals surface area contributed by atoms with Gasteiger partial charge in [-0.05, 0) is 37.1 Å². The summed E-state index contributed by atoms with van der Waals surface area (Å²) < 4.78 is 56.0. The monoisotopic (exact) mass is 418 g/mol. The molecule has 0 spiro atoms. The first kappa shape index (κ1) is 21.6. The summed E-state index contributed by atoms with van der Waals surface area (Å²) in [7, 11) is -6.06. The van der Waals surface area contributed by atoms with Crippen molar-refractivity contribution in [3.05, 3.63) is 23.3 Å². The van der Waals surface area contributed by atoms with Crippen LogP contribution in [0.3, 0.4) is 0 Å². The van der Waals surface area contributed by atoms with E-state index in [1.165, 1.54) is 20.1 Å². The fraction of sp³-hybridized carbons (Fsp3) is 0.588. The molecule has 1 aliphatic heterocycles. The molecule has 2 N–H and O–H groups in total. The molecular formula is C17H26N2O6S2. The van der Waals surface area contributed by atoms with E-state index in [4.69, 9.17) is 4.74 Å². The van der Waals surface area contributed by atoms with Crippen molar-refractivity contribution < 1.29 is 26.4 Å². The van der Waals surface area contributed by atoms with E-state index in [1.54, 1.807) is 13.0 Å².